The maximum Gasteiger partial charge on any atom is 2.00 e. The number of rotatable bonds is 7. The Morgan fingerprint density at radius 3 is 1.81 bits per heavy atom. The van der Waals surface area contributed by atoms with Gasteiger partial charge >= 0.3 is 48.9 Å². The molecule has 0 N–H and O–H groups in total. The fourth-order valence-electron chi connectivity index (χ4n) is 1.70. The molecule has 0 bridgehead atoms. The van der Waals surface area contributed by atoms with Crippen molar-refractivity contribution >= 4 is 60.8 Å². The Hall–Kier alpha value is 0.511. The molecule has 0 radical (unpaired) electrons. The Morgan fingerprint density at radius 2 is 1.56 bits per heavy atom. The third-order valence-electron chi connectivity index (χ3n) is 2.89. The van der Waals surface area contributed by atoms with Crippen molar-refractivity contribution in [3.05, 3.63) is 0 Å². The Labute approximate surface area is 137 Å². The number of carbonyl (C=O) groups is 2. The number of carboxylic acids is 2. The molecule has 0 aliphatic rings. The summed E-state index contributed by atoms with van der Waals surface area (Å²) >= 11 is 0. The van der Waals surface area contributed by atoms with Crippen molar-refractivity contribution < 1.29 is 19.8 Å². The normalized spacial score (nSPS) is 11.0. The zero-order valence-electron chi connectivity index (χ0n) is 10.2. The van der Waals surface area contributed by atoms with Crippen molar-refractivity contribution in [2.45, 2.75) is 46.5 Å². The average Bonchev–Trinajstić information content (AvgIpc) is 2.10. The summed E-state index contributed by atoms with van der Waals surface area (Å²) in [6.07, 6.45) is 2.38. The van der Waals surface area contributed by atoms with E-state index in [2.05, 4.69) is 0 Å². The second-order valence-electron chi connectivity index (χ2n) is 4.16. The molecular weight excluding hydrogens is 333 g/mol. The number of hydrogen-bond acceptors (Lipinski definition) is 4. The molecule has 0 amide bonds. The maximum atomic E-state index is 11.0. The molecule has 5 heteroatoms. The molecule has 88 valence electrons. The predicted octanol–water partition coefficient (Wildman–Crippen LogP) is -0.672. The summed E-state index contributed by atoms with van der Waals surface area (Å²) in [5, 5.41) is 21.9. The van der Waals surface area contributed by atoms with Crippen molar-refractivity contribution in [1.29, 1.82) is 0 Å². The molecule has 0 saturated carbocycles. The van der Waals surface area contributed by atoms with Crippen LogP contribution in [0.25, 0.3) is 0 Å². The van der Waals surface area contributed by atoms with Crippen LogP contribution in [0.4, 0.5) is 0 Å². The molecule has 0 aromatic carbocycles. The molecule has 0 saturated heterocycles. The molecule has 0 unspecified atom stereocenters. The van der Waals surface area contributed by atoms with Crippen LogP contribution in [0.15, 0.2) is 0 Å². The Bertz CT molecular complexity index is 224. The van der Waals surface area contributed by atoms with Crippen molar-refractivity contribution in [3.8, 4) is 0 Å². The molecule has 4 nitrogen and oxygen atoms in total. The zero-order chi connectivity index (χ0) is 12.1. The van der Waals surface area contributed by atoms with Gasteiger partial charge in [0.2, 0.25) is 0 Å². The van der Waals surface area contributed by atoms with Crippen molar-refractivity contribution in [1.82, 2.24) is 0 Å². The second-order valence-corrected chi connectivity index (χ2v) is 4.16. The van der Waals surface area contributed by atoms with Crippen molar-refractivity contribution in [3.63, 3.8) is 0 Å². The molecule has 0 heterocycles. The fraction of sp³-hybridized carbons (Fsp3) is 0.818. The quantitative estimate of drug-likeness (QED) is 0.346. The number of aliphatic carboxylic acids is 2. The molecule has 0 aromatic rings. The molecule has 0 aliphatic carbocycles. The van der Waals surface area contributed by atoms with E-state index in [-0.39, 0.29) is 55.3 Å². The van der Waals surface area contributed by atoms with Crippen LogP contribution in [0.3, 0.4) is 0 Å². The van der Waals surface area contributed by atoms with Crippen LogP contribution in [0.1, 0.15) is 46.5 Å². The average molecular weight is 352 g/mol. The van der Waals surface area contributed by atoms with E-state index >= 15 is 0 Å². The van der Waals surface area contributed by atoms with Gasteiger partial charge in [0.25, 0.3) is 0 Å². The standard InChI is InChI=1S/C11H20O4.Ba/c1-4-5-6-7-11(8(2)3,9(12)13)10(14)15;/h8H,4-7H2,1-3H3,(H,12,13)(H,14,15);/q;+2/p-2. The summed E-state index contributed by atoms with van der Waals surface area (Å²) in [5.74, 6) is -3.59. The van der Waals surface area contributed by atoms with Crippen molar-refractivity contribution in [2.75, 3.05) is 0 Å². The zero-order valence-corrected chi connectivity index (χ0v) is 14.7. The van der Waals surface area contributed by atoms with Crippen LogP contribution in [-0.4, -0.2) is 60.8 Å². The first-order chi connectivity index (χ1) is 6.89. The van der Waals surface area contributed by atoms with E-state index in [1.165, 1.54) is 0 Å². The van der Waals surface area contributed by atoms with E-state index < -0.39 is 23.3 Å². The van der Waals surface area contributed by atoms with E-state index in [1.807, 2.05) is 6.92 Å². The molecule has 0 aliphatic heterocycles. The number of carboxylic acid groups (broad SMARTS) is 2. The van der Waals surface area contributed by atoms with Gasteiger partial charge in [-0.15, -0.1) is 0 Å². The van der Waals surface area contributed by atoms with Crippen LogP contribution in [0.2, 0.25) is 0 Å². The molecule has 0 atom stereocenters. The van der Waals surface area contributed by atoms with Crippen molar-refractivity contribution in [2.24, 2.45) is 11.3 Å². The molecule has 0 aromatic heterocycles. The van der Waals surface area contributed by atoms with Crippen LogP contribution in [0, 0.1) is 11.3 Å². The van der Waals surface area contributed by atoms with Gasteiger partial charge in [-0.3, -0.25) is 0 Å². The Morgan fingerprint density at radius 1 is 1.12 bits per heavy atom. The van der Waals surface area contributed by atoms with E-state index in [9.17, 15) is 19.8 Å². The maximum absolute atomic E-state index is 11.0. The predicted molar refractivity (Wildman–Crippen MR) is 57.2 cm³/mol. The molecular formula is C11H18BaO4. The number of unbranched alkanes of at least 4 members (excludes halogenated alkanes) is 2. The van der Waals surface area contributed by atoms with Gasteiger partial charge in [-0.05, 0) is 12.3 Å². The van der Waals surface area contributed by atoms with Gasteiger partial charge < -0.3 is 19.8 Å². The summed E-state index contributed by atoms with van der Waals surface area (Å²) in [6.45, 7) is 5.10. The van der Waals surface area contributed by atoms with E-state index in [1.54, 1.807) is 13.8 Å². The van der Waals surface area contributed by atoms with Gasteiger partial charge in [-0.2, -0.15) is 0 Å². The minimum absolute atomic E-state index is 0. The Balaban J connectivity index is 0. The second kappa shape index (κ2) is 8.58. The van der Waals surface area contributed by atoms with E-state index in [0.717, 1.165) is 12.8 Å². The first-order valence-electron chi connectivity index (χ1n) is 5.32. The molecule has 0 rings (SSSR count). The minimum Gasteiger partial charge on any atom is -0.549 e. The minimum atomic E-state index is -1.84. The summed E-state index contributed by atoms with van der Waals surface area (Å²) in [7, 11) is 0. The fourth-order valence-corrected chi connectivity index (χ4v) is 1.70. The topological polar surface area (TPSA) is 80.3 Å². The largest absolute Gasteiger partial charge is 2.00 e. The van der Waals surface area contributed by atoms with Gasteiger partial charge in [0, 0.05) is 0 Å². The summed E-state index contributed by atoms with van der Waals surface area (Å²) in [5.41, 5.74) is -1.84. The van der Waals surface area contributed by atoms with Crippen LogP contribution < -0.4 is 10.2 Å². The summed E-state index contributed by atoms with van der Waals surface area (Å²) < 4.78 is 0. The summed E-state index contributed by atoms with van der Waals surface area (Å²) in [4.78, 5) is 21.9. The molecule has 0 spiro atoms. The first-order valence-corrected chi connectivity index (χ1v) is 5.32. The van der Waals surface area contributed by atoms with Gasteiger partial charge in [-0.1, -0.05) is 40.0 Å². The van der Waals surface area contributed by atoms with Crippen LogP contribution in [0.5, 0.6) is 0 Å². The first kappa shape index (κ1) is 18.9. The SMILES string of the molecule is CCCCCC(C(=O)[O-])(C(=O)[O-])C(C)C.[Ba+2]. The van der Waals surface area contributed by atoms with Gasteiger partial charge in [-0.25, -0.2) is 0 Å². The number of carbonyl (C=O) groups excluding carboxylic acids is 2. The Kier molecular flexibility index (Phi) is 10.1. The summed E-state index contributed by atoms with van der Waals surface area (Å²) in [6, 6.07) is 0. The van der Waals surface area contributed by atoms with Crippen LogP contribution in [-0.2, 0) is 9.59 Å². The molecule has 0 fully saturated rings. The van der Waals surface area contributed by atoms with E-state index in [4.69, 9.17) is 0 Å². The monoisotopic (exact) mass is 352 g/mol. The van der Waals surface area contributed by atoms with Gasteiger partial charge in [0.1, 0.15) is 0 Å². The number of hydrogen-bond donors (Lipinski definition) is 0. The van der Waals surface area contributed by atoms with E-state index in [0.29, 0.717) is 6.42 Å². The molecule has 16 heavy (non-hydrogen) atoms. The third kappa shape index (κ3) is 4.41. The smallest absolute Gasteiger partial charge is 0.549 e. The van der Waals surface area contributed by atoms with Gasteiger partial charge in [0.15, 0.2) is 0 Å². The van der Waals surface area contributed by atoms with Crippen LogP contribution >= 0.6 is 0 Å². The van der Waals surface area contributed by atoms with Gasteiger partial charge in [0.05, 0.1) is 17.4 Å². The third-order valence-corrected chi connectivity index (χ3v) is 2.89.